The molecule has 0 heterocycles. The lowest BCUT2D eigenvalue weighted by atomic mass is 9.96. The van der Waals surface area contributed by atoms with Gasteiger partial charge in [-0.05, 0) is 75.7 Å². The standard InChI is InChI=1S/C40H75N9O10/c1-13-23(10)31(48-33(51)24(11)43-35(53)28(42)20(4)5)38(56)49-32(25(12)50)39(57)47-30(22(8)9)37(55)45-27(18-19(2)3)34(52)46-29(21(6)7)36(54)44-26(40(58)59)16-14-15-17-41/h19-32,50H,13-18,41-42H2,1-12H3,(H,43,53)(H,44,54)(H,45,55)(H,46,52)(H,47,57)(H,48,51)(H,49,56)(H,58,59)/t23-,24?,25?,26-,27-,28?,29-,30?,31-,32-/m0/s1. The number of rotatable bonds is 27. The number of nitrogens with two attached hydrogens (primary N) is 2. The Bertz CT molecular complexity index is 1410. The predicted octanol–water partition coefficient (Wildman–Crippen LogP) is -0.618. The highest BCUT2D eigenvalue weighted by Gasteiger charge is 2.37. The van der Waals surface area contributed by atoms with Crippen molar-refractivity contribution >= 4 is 47.3 Å². The van der Waals surface area contributed by atoms with Crippen LogP contribution in [-0.2, 0) is 38.4 Å². The lowest BCUT2D eigenvalue weighted by Gasteiger charge is -2.31. The maximum Gasteiger partial charge on any atom is 0.326 e. The Hall–Kier alpha value is -4.36. The molecule has 340 valence electrons. The summed E-state index contributed by atoms with van der Waals surface area (Å²) in [5.41, 5.74) is 11.4. The van der Waals surface area contributed by atoms with E-state index in [-0.39, 0.29) is 24.7 Å². The second-order valence-electron chi connectivity index (χ2n) is 16.9. The summed E-state index contributed by atoms with van der Waals surface area (Å²) in [6, 6.07) is -9.43. The minimum atomic E-state index is -1.58. The van der Waals surface area contributed by atoms with Crippen LogP contribution in [0.4, 0.5) is 0 Å². The number of hydrogen-bond donors (Lipinski definition) is 11. The largest absolute Gasteiger partial charge is 0.480 e. The number of amides is 7. The third-order valence-electron chi connectivity index (χ3n) is 10.0. The average molecular weight is 842 g/mol. The number of carboxylic acid groups (broad SMARTS) is 1. The maximum atomic E-state index is 13.8. The number of hydrogen-bond acceptors (Lipinski definition) is 11. The van der Waals surface area contributed by atoms with Crippen LogP contribution in [0.3, 0.4) is 0 Å². The molecule has 0 fully saturated rings. The topological polar surface area (TPSA) is 313 Å². The van der Waals surface area contributed by atoms with Gasteiger partial charge in [0.2, 0.25) is 41.4 Å². The number of aliphatic hydroxyl groups is 1. The van der Waals surface area contributed by atoms with Gasteiger partial charge in [0.25, 0.3) is 0 Å². The van der Waals surface area contributed by atoms with Gasteiger partial charge in [-0.3, -0.25) is 33.6 Å². The fraction of sp³-hybridized carbons (Fsp3) is 0.800. The van der Waals surface area contributed by atoms with Gasteiger partial charge in [0.15, 0.2) is 0 Å². The van der Waals surface area contributed by atoms with E-state index in [0.29, 0.717) is 25.8 Å². The first-order chi connectivity index (χ1) is 27.3. The van der Waals surface area contributed by atoms with Crippen LogP contribution in [0.15, 0.2) is 0 Å². The molecule has 0 saturated carbocycles. The molecule has 4 unspecified atom stereocenters. The van der Waals surface area contributed by atoms with Gasteiger partial charge in [-0.25, -0.2) is 4.79 Å². The molecule has 0 aromatic rings. The molecule has 0 rings (SSSR count). The minimum absolute atomic E-state index is 0.117. The van der Waals surface area contributed by atoms with Crippen molar-refractivity contribution in [2.45, 2.75) is 170 Å². The monoisotopic (exact) mass is 842 g/mol. The molecule has 0 spiro atoms. The van der Waals surface area contributed by atoms with E-state index in [0.717, 1.165) is 0 Å². The SMILES string of the molecule is CC[C@H](C)[C@H](NC(=O)C(C)NC(=O)C(N)C(C)C)C(=O)N[C@H](C(=O)NC(C(=O)N[C@@H](CC(C)C)C(=O)N[C@H](C(=O)N[C@@H](CCCCN)C(=O)O)C(C)C)C(C)C)C(C)O. The quantitative estimate of drug-likeness (QED) is 0.0462. The molecule has 0 radical (unpaired) electrons. The lowest BCUT2D eigenvalue weighted by molar-refractivity contribution is -0.143. The normalized spacial score (nSPS) is 16.7. The van der Waals surface area contributed by atoms with Gasteiger partial charge in [-0.1, -0.05) is 75.7 Å². The van der Waals surface area contributed by atoms with Crippen molar-refractivity contribution in [2.24, 2.45) is 41.1 Å². The van der Waals surface area contributed by atoms with Crippen LogP contribution < -0.4 is 48.7 Å². The Morgan fingerprint density at radius 3 is 1.39 bits per heavy atom. The van der Waals surface area contributed by atoms with Crippen molar-refractivity contribution in [3.8, 4) is 0 Å². The Kier molecular flexibility index (Phi) is 24.7. The van der Waals surface area contributed by atoms with Crippen molar-refractivity contribution in [3.63, 3.8) is 0 Å². The number of nitrogens with one attached hydrogen (secondary N) is 7. The molecule has 10 atom stereocenters. The first-order valence-electron chi connectivity index (χ1n) is 20.8. The molecule has 0 bridgehead atoms. The van der Waals surface area contributed by atoms with Gasteiger partial charge in [0.1, 0.15) is 42.3 Å². The van der Waals surface area contributed by atoms with Crippen molar-refractivity contribution in [2.75, 3.05) is 6.54 Å². The third-order valence-corrected chi connectivity index (χ3v) is 10.0. The molecule has 0 aromatic heterocycles. The number of carboxylic acids is 1. The van der Waals surface area contributed by atoms with Crippen LogP contribution in [0.2, 0.25) is 0 Å². The zero-order chi connectivity index (χ0) is 45.9. The predicted molar refractivity (Wildman–Crippen MR) is 223 cm³/mol. The summed E-state index contributed by atoms with van der Waals surface area (Å²) >= 11 is 0. The molecule has 0 saturated heterocycles. The second-order valence-corrected chi connectivity index (χ2v) is 16.9. The van der Waals surface area contributed by atoms with E-state index in [1.807, 2.05) is 13.8 Å². The Balaban J connectivity index is 6.16. The number of carbonyl (C=O) groups is 8. The smallest absolute Gasteiger partial charge is 0.326 e. The molecule has 59 heavy (non-hydrogen) atoms. The van der Waals surface area contributed by atoms with E-state index in [1.165, 1.54) is 13.8 Å². The van der Waals surface area contributed by atoms with Gasteiger partial charge >= 0.3 is 5.97 Å². The van der Waals surface area contributed by atoms with Crippen molar-refractivity contribution in [1.82, 2.24) is 37.2 Å². The van der Waals surface area contributed by atoms with Gasteiger partial charge in [-0.2, -0.15) is 0 Å². The molecule has 7 amide bonds. The van der Waals surface area contributed by atoms with Crippen molar-refractivity contribution in [3.05, 3.63) is 0 Å². The molecule has 0 aliphatic heterocycles. The van der Waals surface area contributed by atoms with E-state index in [1.54, 1.807) is 55.4 Å². The van der Waals surface area contributed by atoms with E-state index < -0.39 is 120 Å². The van der Waals surface area contributed by atoms with Crippen LogP contribution >= 0.6 is 0 Å². The highest BCUT2D eigenvalue weighted by atomic mass is 16.4. The van der Waals surface area contributed by atoms with Crippen molar-refractivity contribution in [1.29, 1.82) is 0 Å². The summed E-state index contributed by atoms with van der Waals surface area (Å²) < 4.78 is 0. The summed E-state index contributed by atoms with van der Waals surface area (Å²) in [5.74, 6) is -8.07. The fourth-order valence-electron chi connectivity index (χ4n) is 5.85. The summed E-state index contributed by atoms with van der Waals surface area (Å²) in [6.07, 6.45) is 0.308. The molecule has 19 nitrogen and oxygen atoms in total. The highest BCUT2D eigenvalue weighted by molar-refractivity contribution is 5.97. The van der Waals surface area contributed by atoms with Crippen LogP contribution in [0.1, 0.15) is 115 Å². The number of carbonyl (C=O) groups excluding carboxylic acids is 7. The first kappa shape index (κ1) is 54.6. The van der Waals surface area contributed by atoms with Crippen molar-refractivity contribution < 1.29 is 48.6 Å². The van der Waals surface area contributed by atoms with Crippen LogP contribution in [-0.4, -0.2) is 119 Å². The van der Waals surface area contributed by atoms with Gasteiger partial charge in [-0.15, -0.1) is 0 Å². The zero-order valence-corrected chi connectivity index (χ0v) is 37.1. The first-order valence-corrected chi connectivity index (χ1v) is 20.8. The Morgan fingerprint density at radius 1 is 0.525 bits per heavy atom. The fourth-order valence-corrected chi connectivity index (χ4v) is 5.85. The zero-order valence-electron chi connectivity index (χ0n) is 37.1. The molecule has 0 aromatic carbocycles. The molecule has 13 N–H and O–H groups in total. The van der Waals surface area contributed by atoms with Crippen LogP contribution in [0.5, 0.6) is 0 Å². The number of aliphatic hydroxyl groups excluding tert-OH is 1. The summed E-state index contributed by atoms with van der Waals surface area (Å²) in [7, 11) is 0. The van der Waals surface area contributed by atoms with E-state index in [2.05, 4.69) is 37.2 Å². The van der Waals surface area contributed by atoms with Crippen LogP contribution in [0, 0.1) is 29.6 Å². The number of aliphatic carboxylic acids is 1. The summed E-state index contributed by atoms with van der Waals surface area (Å²) in [6.45, 7) is 20.4. The maximum absolute atomic E-state index is 13.8. The van der Waals surface area contributed by atoms with Crippen LogP contribution in [0.25, 0.3) is 0 Å². The summed E-state index contributed by atoms with van der Waals surface area (Å²) in [4.78, 5) is 106. The third kappa shape index (κ3) is 19.1. The molecule has 0 aliphatic carbocycles. The second kappa shape index (κ2) is 26.7. The molecular formula is C40H75N9O10. The number of unbranched alkanes of at least 4 members (excludes halogenated alkanes) is 1. The highest BCUT2D eigenvalue weighted by Crippen LogP contribution is 2.13. The Morgan fingerprint density at radius 2 is 0.966 bits per heavy atom. The molecular weight excluding hydrogens is 766 g/mol. The molecule has 0 aliphatic rings. The summed E-state index contributed by atoms with van der Waals surface area (Å²) in [5, 5.41) is 38.4. The van der Waals surface area contributed by atoms with E-state index in [4.69, 9.17) is 11.5 Å². The average Bonchev–Trinajstić information content (AvgIpc) is 3.14. The minimum Gasteiger partial charge on any atom is -0.480 e. The molecule has 19 heteroatoms. The van der Waals surface area contributed by atoms with E-state index >= 15 is 0 Å². The van der Waals surface area contributed by atoms with E-state index in [9.17, 15) is 48.6 Å². The van der Waals surface area contributed by atoms with Gasteiger partial charge in [0, 0.05) is 0 Å². The van der Waals surface area contributed by atoms with Gasteiger partial charge < -0.3 is 58.9 Å². The van der Waals surface area contributed by atoms with Gasteiger partial charge in [0.05, 0.1) is 12.1 Å². The Labute approximate surface area is 349 Å². The lowest BCUT2D eigenvalue weighted by Crippen LogP contribution is -2.63.